The molecule has 4 heteroatoms. The number of hydrogen-bond acceptors (Lipinski definition) is 3. The van der Waals surface area contributed by atoms with Crippen molar-refractivity contribution in [3.63, 3.8) is 0 Å². The van der Waals surface area contributed by atoms with Crippen molar-refractivity contribution in [3.8, 4) is 12.3 Å². The first-order valence-electron chi connectivity index (χ1n) is 6.07. The molecular weight excluding hydrogens is 228 g/mol. The molecule has 0 aliphatic rings. The van der Waals surface area contributed by atoms with E-state index in [1.807, 2.05) is 13.0 Å². The Bertz CT molecular complexity index is 438. The van der Waals surface area contributed by atoms with Gasteiger partial charge in [0.15, 0.2) is 0 Å². The molecule has 0 fully saturated rings. The van der Waals surface area contributed by atoms with E-state index in [0.29, 0.717) is 0 Å². The van der Waals surface area contributed by atoms with Gasteiger partial charge in [-0.15, -0.1) is 12.3 Å². The Hall–Kier alpha value is -1.86. The number of nitro groups is 1. The van der Waals surface area contributed by atoms with Gasteiger partial charge in [0.1, 0.15) is 0 Å². The lowest BCUT2D eigenvalue weighted by Crippen LogP contribution is -2.20. The molecule has 0 spiro atoms. The number of para-hydroxylation sites is 1. The number of nitrogens with zero attached hydrogens (tertiary/aromatic N) is 1. The monoisotopic (exact) mass is 246 g/mol. The quantitative estimate of drug-likeness (QED) is 0.348. The van der Waals surface area contributed by atoms with Gasteiger partial charge in [0.05, 0.1) is 4.92 Å². The van der Waals surface area contributed by atoms with Crippen LogP contribution < -0.4 is 5.32 Å². The highest BCUT2D eigenvalue weighted by atomic mass is 16.6. The molecular formula is C14H18N2O2. The van der Waals surface area contributed by atoms with Crippen LogP contribution in [0.15, 0.2) is 24.3 Å². The van der Waals surface area contributed by atoms with Gasteiger partial charge in [0.25, 0.3) is 5.69 Å². The largest absolute Gasteiger partial charge is 0.310 e. The maximum Gasteiger partial charge on any atom is 0.274 e. The Morgan fingerprint density at radius 2 is 2.17 bits per heavy atom. The summed E-state index contributed by atoms with van der Waals surface area (Å²) in [5.74, 6) is 2.59. The van der Waals surface area contributed by atoms with E-state index in [4.69, 9.17) is 6.42 Å². The molecule has 1 rings (SSSR count). The van der Waals surface area contributed by atoms with Crippen LogP contribution in [0.4, 0.5) is 5.69 Å². The number of benzene rings is 1. The summed E-state index contributed by atoms with van der Waals surface area (Å²) in [5, 5.41) is 14.2. The number of rotatable bonds is 7. The minimum atomic E-state index is -0.341. The van der Waals surface area contributed by atoms with E-state index < -0.39 is 0 Å². The van der Waals surface area contributed by atoms with Crippen molar-refractivity contribution in [1.82, 2.24) is 5.32 Å². The molecule has 0 amide bonds. The van der Waals surface area contributed by atoms with Gasteiger partial charge in [-0.05, 0) is 26.3 Å². The van der Waals surface area contributed by atoms with E-state index in [-0.39, 0.29) is 16.7 Å². The third-order valence-electron chi connectivity index (χ3n) is 2.80. The molecule has 0 saturated carbocycles. The predicted octanol–water partition coefficient (Wildman–Crippen LogP) is 3.05. The zero-order valence-corrected chi connectivity index (χ0v) is 10.6. The van der Waals surface area contributed by atoms with Gasteiger partial charge in [-0.3, -0.25) is 10.1 Å². The topological polar surface area (TPSA) is 55.2 Å². The second kappa shape index (κ2) is 7.46. The zero-order chi connectivity index (χ0) is 13.4. The molecule has 0 heterocycles. The molecule has 0 saturated heterocycles. The maximum atomic E-state index is 10.9. The number of nitrogens with one attached hydrogen (secondary N) is 1. The van der Waals surface area contributed by atoms with E-state index in [2.05, 4.69) is 11.2 Å². The van der Waals surface area contributed by atoms with Crippen LogP contribution in [0, 0.1) is 22.5 Å². The van der Waals surface area contributed by atoms with Crippen LogP contribution in [-0.2, 0) is 0 Å². The molecule has 1 N–H and O–H groups in total. The summed E-state index contributed by atoms with van der Waals surface area (Å²) in [7, 11) is 0. The number of nitro benzene ring substituents is 1. The maximum absolute atomic E-state index is 10.9. The third kappa shape index (κ3) is 4.19. The molecule has 1 atom stereocenters. The van der Waals surface area contributed by atoms with Gasteiger partial charge < -0.3 is 5.32 Å². The van der Waals surface area contributed by atoms with Crippen molar-refractivity contribution in [2.75, 3.05) is 6.54 Å². The Morgan fingerprint density at radius 1 is 1.44 bits per heavy atom. The molecule has 0 aromatic heterocycles. The lowest BCUT2D eigenvalue weighted by molar-refractivity contribution is -0.385. The second-order valence-electron chi connectivity index (χ2n) is 4.15. The van der Waals surface area contributed by atoms with Crippen molar-refractivity contribution in [2.45, 2.75) is 32.2 Å². The molecule has 1 aromatic carbocycles. The van der Waals surface area contributed by atoms with Crippen LogP contribution in [0.25, 0.3) is 0 Å². The van der Waals surface area contributed by atoms with Gasteiger partial charge in [0.2, 0.25) is 0 Å². The molecule has 0 aliphatic carbocycles. The van der Waals surface area contributed by atoms with Gasteiger partial charge in [-0.1, -0.05) is 18.2 Å². The van der Waals surface area contributed by atoms with Gasteiger partial charge in [-0.2, -0.15) is 0 Å². The van der Waals surface area contributed by atoms with Crippen LogP contribution in [0.3, 0.4) is 0 Å². The molecule has 1 aromatic rings. The smallest absolute Gasteiger partial charge is 0.274 e. The highest BCUT2D eigenvalue weighted by Gasteiger charge is 2.17. The Balaban J connectivity index is 2.54. The predicted molar refractivity (Wildman–Crippen MR) is 72.2 cm³/mol. The normalized spacial score (nSPS) is 11.8. The Kier molecular flexibility index (Phi) is 5.89. The molecule has 0 bridgehead atoms. The highest BCUT2D eigenvalue weighted by Crippen LogP contribution is 2.24. The summed E-state index contributed by atoms with van der Waals surface area (Å²) < 4.78 is 0. The van der Waals surface area contributed by atoms with E-state index in [0.717, 1.165) is 31.4 Å². The highest BCUT2D eigenvalue weighted by molar-refractivity contribution is 5.41. The first-order chi connectivity index (χ1) is 8.66. The lowest BCUT2D eigenvalue weighted by Gasteiger charge is -2.14. The molecule has 0 aliphatic heterocycles. The molecule has 96 valence electrons. The number of terminal acetylenes is 1. The van der Waals surface area contributed by atoms with E-state index in [9.17, 15) is 10.1 Å². The Labute approximate surface area is 108 Å². The summed E-state index contributed by atoms with van der Waals surface area (Å²) >= 11 is 0. The van der Waals surface area contributed by atoms with Crippen LogP contribution in [0.1, 0.15) is 37.8 Å². The molecule has 1 unspecified atom stereocenters. The van der Waals surface area contributed by atoms with Crippen molar-refractivity contribution < 1.29 is 4.92 Å². The van der Waals surface area contributed by atoms with Crippen molar-refractivity contribution >= 4 is 5.69 Å². The minimum absolute atomic E-state index is 0.0302. The van der Waals surface area contributed by atoms with Crippen molar-refractivity contribution in [3.05, 3.63) is 39.9 Å². The third-order valence-corrected chi connectivity index (χ3v) is 2.80. The fraction of sp³-hybridized carbons (Fsp3) is 0.429. The standard InChI is InChI=1S/C14H18N2O2/c1-3-4-5-8-11-15-12(2)13-9-6-7-10-14(13)16(17)18/h1,6-7,9-10,12,15H,4-5,8,11H2,2H3. The van der Waals surface area contributed by atoms with Crippen LogP contribution >= 0.6 is 0 Å². The first-order valence-corrected chi connectivity index (χ1v) is 6.07. The van der Waals surface area contributed by atoms with Crippen molar-refractivity contribution in [1.29, 1.82) is 0 Å². The fourth-order valence-corrected chi connectivity index (χ4v) is 1.80. The lowest BCUT2D eigenvalue weighted by atomic mass is 10.1. The van der Waals surface area contributed by atoms with Crippen molar-refractivity contribution in [2.24, 2.45) is 0 Å². The summed E-state index contributed by atoms with van der Waals surface area (Å²) in [6, 6.07) is 6.79. The van der Waals surface area contributed by atoms with Gasteiger partial charge in [-0.25, -0.2) is 0 Å². The molecule has 4 nitrogen and oxygen atoms in total. The number of unbranched alkanes of at least 4 members (excludes halogenated alkanes) is 2. The summed E-state index contributed by atoms with van der Waals surface area (Å²) in [6.45, 7) is 2.75. The average molecular weight is 246 g/mol. The van der Waals surface area contributed by atoms with E-state index >= 15 is 0 Å². The number of hydrogen-bond donors (Lipinski definition) is 1. The minimum Gasteiger partial charge on any atom is -0.310 e. The zero-order valence-electron chi connectivity index (χ0n) is 10.6. The summed E-state index contributed by atoms with van der Waals surface area (Å²) in [6.07, 6.45) is 7.91. The average Bonchev–Trinajstić information content (AvgIpc) is 2.38. The summed E-state index contributed by atoms with van der Waals surface area (Å²) in [5.41, 5.74) is 0.889. The summed E-state index contributed by atoms with van der Waals surface area (Å²) in [4.78, 5) is 10.6. The molecule has 18 heavy (non-hydrogen) atoms. The van der Waals surface area contributed by atoms with Crippen LogP contribution in [0.2, 0.25) is 0 Å². The fourth-order valence-electron chi connectivity index (χ4n) is 1.80. The SMILES string of the molecule is C#CCCCCNC(C)c1ccccc1[N+](=O)[O-]. The van der Waals surface area contributed by atoms with Crippen LogP contribution in [0.5, 0.6) is 0 Å². The Morgan fingerprint density at radius 3 is 2.83 bits per heavy atom. The van der Waals surface area contributed by atoms with Crippen LogP contribution in [-0.4, -0.2) is 11.5 Å². The second-order valence-corrected chi connectivity index (χ2v) is 4.15. The first kappa shape index (κ1) is 14.2. The van der Waals surface area contributed by atoms with Gasteiger partial charge in [0, 0.05) is 24.1 Å². The van der Waals surface area contributed by atoms with E-state index in [1.165, 1.54) is 6.07 Å². The van der Waals surface area contributed by atoms with Gasteiger partial charge >= 0.3 is 0 Å². The van der Waals surface area contributed by atoms with E-state index in [1.54, 1.807) is 12.1 Å². The molecule has 0 radical (unpaired) electrons.